The first-order valence-corrected chi connectivity index (χ1v) is 12.4. The lowest BCUT2D eigenvalue weighted by Gasteiger charge is -2.28. The largest absolute Gasteiger partial charge is 0.327 e. The molecule has 0 aliphatic rings. The molecule has 0 fully saturated rings. The van der Waals surface area contributed by atoms with Gasteiger partial charge in [-0.1, -0.05) is 38.5 Å². The van der Waals surface area contributed by atoms with Gasteiger partial charge >= 0.3 is 0 Å². The highest BCUT2D eigenvalue weighted by Gasteiger charge is 2.23. The summed E-state index contributed by atoms with van der Waals surface area (Å²) in [5, 5.41) is 27.9. The fraction of sp³-hybridized carbons (Fsp3) is 0.391. The van der Waals surface area contributed by atoms with Crippen LogP contribution in [-0.2, 0) is 10.0 Å². The van der Waals surface area contributed by atoms with Crippen molar-refractivity contribution in [3.05, 3.63) is 62.7 Å². The molecule has 0 spiro atoms. The summed E-state index contributed by atoms with van der Waals surface area (Å²) in [6, 6.07) is 8.39. The van der Waals surface area contributed by atoms with Crippen LogP contribution in [0.15, 0.2) is 47.4 Å². The molecule has 2 aromatic carbocycles. The van der Waals surface area contributed by atoms with E-state index in [2.05, 4.69) is 18.8 Å². The highest BCUT2D eigenvalue weighted by Crippen LogP contribution is 2.34. The zero-order valence-corrected chi connectivity index (χ0v) is 20.0. The molecule has 0 amide bonds. The number of hydrogen-bond donors (Lipinski definition) is 1. The van der Waals surface area contributed by atoms with Crippen LogP contribution in [0.4, 0.5) is 22.7 Å². The maximum Gasteiger partial charge on any atom is 0.278 e. The SMILES string of the molecule is CCCCCCCC#C[C@H](C)N(c1ccc(S(N)(=O)=O)cc1)c1cc([N+](=O)[O-])cc([N+](=O)[O-])c1. The molecule has 0 heterocycles. The minimum absolute atomic E-state index is 0.105. The number of sulfonamides is 1. The maximum atomic E-state index is 11.6. The maximum absolute atomic E-state index is 11.6. The van der Waals surface area contributed by atoms with Crippen molar-refractivity contribution < 1.29 is 18.3 Å². The standard InChI is InChI=1S/C23H28N4O6S/c1-3-4-5-6-7-8-9-10-18(2)25(19-11-13-23(14-12-19)34(24,32)33)20-15-21(26(28)29)17-22(16-20)27(30)31/h11-18H,3-8H2,1-2H3,(H2,24,32,33)/t18-/m0/s1. The van der Waals surface area contributed by atoms with E-state index >= 15 is 0 Å². The van der Waals surface area contributed by atoms with Crippen molar-refractivity contribution in [2.45, 2.75) is 63.3 Å². The van der Waals surface area contributed by atoms with Gasteiger partial charge < -0.3 is 4.90 Å². The number of nitro benzene ring substituents is 2. The summed E-state index contributed by atoms with van der Waals surface area (Å²) >= 11 is 0. The van der Waals surface area contributed by atoms with Crippen LogP contribution < -0.4 is 10.0 Å². The second-order valence-corrected chi connectivity index (χ2v) is 9.35. The number of rotatable bonds is 11. The third-order valence-electron chi connectivity index (χ3n) is 5.13. The molecule has 34 heavy (non-hydrogen) atoms. The fourth-order valence-corrected chi connectivity index (χ4v) is 3.94. The Bertz CT molecular complexity index is 1150. The number of anilines is 2. The van der Waals surface area contributed by atoms with Crippen molar-refractivity contribution in [1.82, 2.24) is 0 Å². The Kier molecular flexibility index (Phi) is 9.53. The van der Waals surface area contributed by atoms with E-state index in [-0.39, 0.29) is 10.6 Å². The number of nitrogens with zero attached hydrogens (tertiary/aromatic N) is 3. The molecule has 0 aliphatic heterocycles. The summed E-state index contributed by atoms with van der Waals surface area (Å²) in [4.78, 5) is 22.9. The van der Waals surface area contributed by atoms with Gasteiger partial charge in [0.2, 0.25) is 10.0 Å². The monoisotopic (exact) mass is 488 g/mol. The van der Waals surface area contributed by atoms with Gasteiger partial charge in [0.15, 0.2) is 0 Å². The van der Waals surface area contributed by atoms with Crippen molar-refractivity contribution in [2.24, 2.45) is 5.14 Å². The van der Waals surface area contributed by atoms with E-state index in [0.29, 0.717) is 12.1 Å². The van der Waals surface area contributed by atoms with E-state index in [4.69, 9.17) is 5.14 Å². The summed E-state index contributed by atoms with van der Waals surface area (Å²) in [6.07, 6.45) is 6.18. The molecule has 0 aromatic heterocycles. The van der Waals surface area contributed by atoms with Crippen LogP contribution in [0.5, 0.6) is 0 Å². The number of primary sulfonamides is 1. The third kappa shape index (κ3) is 7.54. The van der Waals surface area contributed by atoms with E-state index in [1.165, 1.54) is 42.8 Å². The molecule has 2 aromatic rings. The van der Waals surface area contributed by atoms with Crippen LogP contribution in [0.25, 0.3) is 0 Å². The average molecular weight is 489 g/mol. The smallest absolute Gasteiger partial charge is 0.278 e. The normalized spacial score (nSPS) is 11.9. The molecule has 11 heteroatoms. The number of hydrogen-bond acceptors (Lipinski definition) is 7. The fourth-order valence-electron chi connectivity index (χ4n) is 3.42. The van der Waals surface area contributed by atoms with Gasteiger partial charge in [-0.25, -0.2) is 13.6 Å². The quantitative estimate of drug-likeness (QED) is 0.201. The van der Waals surface area contributed by atoms with Gasteiger partial charge in [0.1, 0.15) is 0 Å². The van der Waals surface area contributed by atoms with Gasteiger partial charge in [-0.2, -0.15) is 0 Å². The molecule has 0 aliphatic carbocycles. The summed E-state index contributed by atoms with van der Waals surface area (Å²) in [6.45, 7) is 3.91. The first-order valence-electron chi connectivity index (χ1n) is 10.9. The van der Waals surface area contributed by atoms with Crippen LogP contribution in [0.3, 0.4) is 0 Å². The van der Waals surface area contributed by atoms with E-state index in [9.17, 15) is 28.6 Å². The molecular formula is C23H28N4O6S. The third-order valence-corrected chi connectivity index (χ3v) is 6.06. The molecule has 2 N–H and O–H groups in total. The molecule has 0 unspecified atom stereocenters. The highest BCUT2D eigenvalue weighted by molar-refractivity contribution is 7.89. The molecule has 2 rings (SSSR count). The Labute approximate surface area is 199 Å². The number of non-ortho nitro benzene ring substituents is 2. The Morgan fingerprint density at radius 3 is 2.00 bits per heavy atom. The molecule has 0 saturated heterocycles. The van der Waals surface area contributed by atoms with E-state index in [1.54, 1.807) is 11.8 Å². The molecule has 0 radical (unpaired) electrons. The molecule has 182 valence electrons. The van der Waals surface area contributed by atoms with Gasteiger partial charge in [-0.3, -0.25) is 20.2 Å². The minimum atomic E-state index is -3.92. The Balaban J connectivity index is 2.46. The topological polar surface area (TPSA) is 150 Å². The van der Waals surface area contributed by atoms with Crippen LogP contribution in [0.1, 0.15) is 52.4 Å². The zero-order valence-electron chi connectivity index (χ0n) is 19.1. The average Bonchev–Trinajstić information content (AvgIpc) is 2.78. The lowest BCUT2D eigenvalue weighted by molar-refractivity contribution is -0.394. The second kappa shape index (κ2) is 12.1. The zero-order chi connectivity index (χ0) is 25.3. The van der Waals surface area contributed by atoms with Gasteiger partial charge in [0, 0.05) is 24.2 Å². The van der Waals surface area contributed by atoms with Crippen molar-refractivity contribution in [3.8, 4) is 11.8 Å². The molecule has 0 bridgehead atoms. The predicted molar refractivity (Wildman–Crippen MR) is 130 cm³/mol. The van der Waals surface area contributed by atoms with Crippen LogP contribution in [-0.4, -0.2) is 24.3 Å². The van der Waals surface area contributed by atoms with Crippen LogP contribution >= 0.6 is 0 Å². The Hall–Kier alpha value is -3.49. The molecular weight excluding hydrogens is 460 g/mol. The first-order chi connectivity index (χ1) is 16.0. The predicted octanol–water partition coefficient (Wildman–Crippen LogP) is 5.04. The van der Waals surface area contributed by atoms with Gasteiger partial charge in [0.25, 0.3) is 11.4 Å². The van der Waals surface area contributed by atoms with Crippen molar-refractivity contribution in [2.75, 3.05) is 4.90 Å². The van der Waals surface area contributed by atoms with E-state index in [0.717, 1.165) is 31.7 Å². The number of nitrogens with two attached hydrogens (primary N) is 1. The lowest BCUT2D eigenvalue weighted by atomic mass is 10.1. The van der Waals surface area contributed by atoms with Gasteiger partial charge in [-0.05, 0) is 37.6 Å². The summed E-state index contributed by atoms with van der Waals surface area (Å²) < 4.78 is 23.2. The van der Waals surface area contributed by atoms with Crippen LogP contribution in [0.2, 0.25) is 0 Å². The van der Waals surface area contributed by atoms with Crippen molar-refractivity contribution >= 4 is 32.8 Å². The second-order valence-electron chi connectivity index (χ2n) is 7.79. The number of unbranched alkanes of at least 4 members (excludes halogenated alkanes) is 5. The summed E-state index contributed by atoms with van der Waals surface area (Å²) in [5.41, 5.74) is -0.237. The number of nitro groups is 2. The highest BCUT2D eigenvalue weighted by atomic mass is 32.2. The van der Waals surface area contributed by atoms with Crippen LogP contribution in [0, 0.1) is 32.1 Å². The van der Waals surface area contributed by atoms with Gasteiger partial charge in [0.05, 0.1) is 32.5 Å². The van der Waals surface area contributed by atoms with Crippen molar-refractivity contribution in [1.29, 1.82) is 0 Å². The summed E-state index contributed by atoms with van der Waals surface area (Å²) in [7, 11) is -3.92. The molecule has 10 nitrogen and oxygen atoms in total. The lowest BCUT2D eigenvalue weighted by Crippen LogP contribution is -2.27. The first kappa shape index (κ1) is 26.8. The molecule has 0 saturated carbocycles. The van der Waals surface area contributed by atoms with Crippen molar-refractivity contribution in [3.63, 3.8) is 0 Å². The molecule has 1 atom stereocenters. The summed E-state index contributed by atoms with van der Waals surface area (Å²) in [5.74, 6) is 6.22. The Morgan fingerprint density at radius 2 is 1.50 bits per heavy atom. The number of benzene rings is 2. The Morgan fingerprint density at radius 1 is 0.941 bits per heavy atom. The van der Waals surface area contributed by atoms with Gasteiger partial charge in [-0.15, -0.1) is 5.92 Å². The van der Waals surface area contributed by atoms with E-state index < -0.39 is 37.3 Å². The van der Waals surface area contributed by atoms with E-state index in [1.807, 2.05) is 0 Å². The minimum Gasteiger partial charge on any atom is -0.327 e.